The number of hydrogen-bond donors (Lipinski definition) is 1. The number of amides is 1. The minimum absolute atomic E-state index is 0.290. The first-order valence-corrected chi connectivity index (χ1v) is 9.20. The highest BCUT2D eigenvalue weighted by atomic mass is 19.4. The van der Waals surface area contributed by atoms with E-state index in [1.54, 1.807) is 19.9 Å². The Morgan fingerprint density at radius 2 is 1.90 bits per heavy atom. The van der Waals surface area contributed by atoms with Crippen LogP contribution in [-0.2, 0) is 23.8 Å². The van der Waals surface area contributed by atoms with Gasteiger partial charge in [0.05, 0.1) is 22.2 Å². The average molecular weight is 406 g/mol. The zero-order valence-corrected chi connectivity index (χ0v) is 16.1. The summed E-state index contributed by atoms with van der Waals surface area (Å²) in [6.07, 6.45) is -0.379. The number of rotatable bonds is 5. The van der Waals surface area contributed by atoms with Crippen LogP contribution in [0.3, 0.4) is 0 Å². The summed E-state index contributed by atoms with van der Waals surface area (Å²) in [6.45, 7) is 2.95. The molecule has 0 atom stereocenters. The summed E-state index contributed by atoms with van der Waals surface area (Å²) in [7, 11) is 0. The smallest absolute Gasteiger partial charge is 0.417 e. The second-order valence-corrected chi connectivity index (χ2v) is 7.64. The number of fused-ring (bicyclic) bond motifs is 1. The SMILES string of the molecule is CC(C)(COC(=O)c1ccccc1C(F)(F)F)NC(=O)c1cnc2c(c1)CCC2. The zero-order valence-electron chi connectivity index (χ0n) is 16.1. The molecule has 0 spiro atoms. The number of nitrogens with zero attached hydrogens (tertiary/aromatic N) is 1. The van der Waals surface area contributed by atoms with Crippen LogP contribution in [0.2, 0.25) is 0 Å². The standard InChI is InChI=1S/C21H21F3N2O3/c1-20(2,26-18(27)14-10-13-6-5-9-17(13)25-11-14)12-29-19(28)15-7-3-4-8-16(15)21(22,23)24/h3-4,7-8,10-11H,5-6,9,12H2,1-2H3,(H,26,27). The van der Waals surface area contributed by atoms with Crippen LogP contribution in [-0.4, -0.2) is 29.0 Å². The van der Waals surface area contributed by atoms with Crippen molar-refractivity contribution in [3.63, 3.8) is 0 Å². The molecule has 1 heterocycles. The molecule has 1 aromatic heterocycles. The molecule has 29 heavy (non-hydrogen) atoms. The number of esters is 1. The van der Waals surface area contributed by atoms with Crippen LogP contribution in [0.4, 0.5) is 13.2 Å². The van der Waals surface area contributed by atoms with Gasteiger partial charge in [0.1, 0.15) is 6.61 Å². The summed E-state index contributed by atoms with van der Waals surface area (Å²) in [6, 6.07) is 6.22. The number of hydrogen-bond acceptors (Lipinski definition) is 4. The van der Waals surface area contributed by atoms with E-state index in [-0.39, 0.29) is 12.5 Å². The van der Waals surface area contributed by atoms with E-state index in [0.29, 0.717) is 5.56 Å². The Morgan fingerprint density at radius 3 is 2.62 bits per heavy atom. The lowest BCUT2D eigenvalue weighted by atomic mass is 10.0. The number of pyridine rings is 1. The lowest BCUT2D eigenvalue weighted by Gasteiger charge is -2.26. The topological polar surface area (TPSA) is 68.3 Å². The molecule has 0 radical (unpaired) electrons. The van der Waals surface area contributed by atoms with Crippen molar-refractivity contribution >= 4 is 11.9 Å². The van der Waals surface area contributed by atoms with Crippen LogP contribution >= 0.6 is 0 Å². The number of halogens is 3. The van der Waals surface area contributed by atoms with Crippen molar-refractivity contribution in [1.82, 2.24) is 10.3 Å². The van der Waals surface area contributed by atoms with Gasteiger partial charge in [0, 0.05) is 11.9 Å². The van der Waals surface area contributed by atoms with Gasteiger partial charge in [-0.1, -0.05) is 12.1 Å². The molecule has 1 aliphatic rings. The molecule has 0 bridgehead atoms. The van der Waals surface area contributed by atoms with Crippen molar-refractivity contribution in [1.29, 1.82) is 0 Å². The molecule has 0 fully saturated rings. The fourth-order valence-corrected chi connectivity index (χ4v) is 3.20. The maximum absolute atomic E-state index is 13.1. The van der Waals surface area contributed by atoms with Crippen LogP contribution in [0.1, 0.15) is 57.8 Å². The number of benzene rings is 1. The van der Waals surface area contributed by atoms with E-state index in [4.69, 9.17) is 4.74 Å². The predicted molar refractivity (Wildman–Crippen MR) is 99.5 cm³/mol. The summed E-state index contributed by atoms with van der Waals surface area (Å²) in [5.74, 6) is -1.48. The van der Waals surface area contributed by atoms with Gasteiger partial charge < -0.3 is 10.1 Å². The molecule has 0 saturated carbocycles. The number of carbonyl (C=O) groups is 2. The molecule has 1 aliphatic carbocycles. The Kier molecular flexibility index (Phi) is 5.64. The second-order valence-electron chi connectivity index (χ2n) is 7.64. The van der Waals surface area contributed by atoms with Gasteiger partial charge in [-0.05, 0) is 56.9 Å². The van der Waals surface area contributed by atoms with E-state index < -0.39 is 28.8 Å². The minimum atomic E-state index is -4.67. The van der Waals surface area contributed by atoms with Crippen molar-refractivity contribution in [2.24, 2.45) is 0 Å². The molecular formula is C21H21F3N2O3. The Labute approximate surface area is 166 Å². The molecule has 1 N–H and O–H groups in total. The Balaban J connectivity index is 1.64. The summed E-state index contributed by atoms with van der Waals surface area (Å²) in [5.41, 5.74) is -0.170. The van der Waals surface area contributed by atoms with Gasteiger partial charge in [0.25, 0.3) is 5.91 Å². The highest BCUT2D eigenvalue weighted by Gasteiger charge is 2.35. The maximum atomic E-state index is 13.1. The van der Waals surface area contributed by atoms with Crippen molar-refractivity contribution in [3.8, 4) is 0 Å². The third kappa shape index (κ3) is 4.93. The lowest BCUT2D eigenvalue weighted by molar-refractivity contribution is -0.138. The summed E-state index contributed by atoms with van der Waals surface area (Å²) in [4.78, 5) is 29.0. The molecule has 1 amide bonds. The third-order valence-corrected chi connectivity index (χ3v) is 4.65. The fraction of sp³-hybridized carbons (Fsp3) is 0.381. The van der Waals surface area contributed by atoms with Gasteiger partial charge in [-0.25, -0.2) is 4.79 Å². The van der Waals surface area contributed by atoms with Crippen LogP contribution < -0.4 is 5.32 Å². The molecule has 5 nitrogen and oxygen atoms in total. The van der Waals surface area contributed by atoms with E-state index in [9.17, 15) is 22.8 Å². The van der Waals surface area contributed by atoms with Crippen LogP contribution in [0.15, 0.2) is 36.5 Å². The fourth-order valence-electron chi connectivity index (χ4n) is 3.20. The molecule has 3 rings (SSSR count). The summed E-state index contributed by atoms with van der Waals surface area (Å²) >= 11 is 0. The van der Waals surface area contributed by atoms with Crippen molar-refractivity contribution in [3.05, 3.63) is 64.5 Å². The number of aromatic nitrogens is 1. The van der Waals surface area contributed by atoms with E-state index in [0.717, 1.165) is 42.7 Å². The highest BCUT2D eigenvalue weighted by Crippen LogP contribution is 2.32. The van der Waals surface area contributed by atoms with E-state index in [2.05, 4.69) is 10.3 Å². The van der Waals surface area contributed by atoms with Crippen LogP contribution in [0.5, 0.6) is 0 Å². The van der Waals surface area contributed by atoms with Crippen LogP contribution in [0.25, 0.3) is 0 Å². The molecule has 0 unspecified atom stereocenters. The molecular weight excluding hydrogens is 385 g/mol. The van der Waals surface area contributed by atoms with Crippen LogP contribution in [0, 0.1) is 0 Å². The van der Waals surface area contributed by atoms with Gasteiger partial charge in [-0.15, -0.1) is 0 Å². The molecule has 8 heteroatoms. The third-order valence-electron chi connectivity index (χ3n) is 4.65. The maximum Gasteiger partial charge on any atom is 0.417 e. The molecule has 1 aromatic carbocycles. The van der Waals surface area contributed by atoms with Crippen molar-refractivity contribution < 1.29 is 27.5 Å². The number of nitrogens with one attached hydrogen (secondary N) is 1. The second kappa shape index (κ2) is 7.85. The van der Waals surface area contributed by atoms with Gasteiger partial charge in [0.2, 0.25) is 0 Å². The quantitative estimate of drug-likeness (QED) is 0.764. The summed E-state index contributed by atoms with van der Waals surface area (Å²) < 4.78 is 44.3. The van der Waals surface area contributed by atoms with E-state index in [1.165, 1.54) is 18.3 Å². The first-order chi connectivity index (χ1) is 13.6. The zero-order chi connectivity index (χ0) is 21.2. The van der Waals surface area contributed by atoms with E-state index >= 15 is 0 Å². The monoisotopic (exact) mass is 406 g/mol. The first kappa shape index (κ1) is 20.8. The largest absolute Gasteiger partial charge is 0.460 e. The normalized spacial score (nSPS) is 13.7. The van der Waals surface area contributed by atoms with Gasteiger partial charge in [-0.3, -0.25) is 9.78 Å². The lowest BCUT2D eigenvalue weighted by Crippen LogP contribution is -2.47. The van der Waals surface area contributed by atoms with Crippen molar-refractivity contribution in [2.45, 2.75) is 44.8 Å². The number of carbonyl (C=O) groups excluding carboxylic acids is 2. The first-order valence-electron chi connectivity index (χ1n) is 9.20. The number of alkyl halides is 3. The Bertz CT molecular complexity index is 939. The molecule has 0 aliphatic heterocycles. The summed E-state index contributed by atoms with van der Waals surface area (Å²) in [5, 5.41) is 2.74. The highest BCUT2D eigenvalue weighted by molar-refractivity contribution is 5.95. The van der Waals surface area contributed by atoms with Gasteiger partial charge >= 0.3 is 12.1 Å². The molecule has 154 valence electrons. The average Bonchev–Trinajstić information content (AvgIpc) is 3.13. The Hall–Kier alpha value is -2.90. The van der Waals surface area contributed by atoms with Gasteiger partial charge in [0.15, 0.2) is 0 Å². The number of aryl methyl sites for hydroxylation is 2. The van der Waals surface area contributed by atoms with E-state index in [1.807, 2.05) is 0 Å². The number of ether oxygens (including phenoxy) is 1. The van der Waals surface area contributed by atoms with Gasteiger partial charge in [-0.2, -0.15) is 13.2 Å². The van der Waals surface area contributed by atoms with Crippen molar-refractivity contribution in [2.75, 3.05) is 6.61 Å². The predicted octanol–water partition coefficient (Wildman–Crippen LogP) is 3.95. The minimum Gasteiger partial charge on any atom is -0.460 e. The Morgan fingerprint density at radius 1 is 1.17 bits per heavy atom. The molecule has 2 aromatic rings. The molecule has 0 saturated heterocycles.